The van der Waals surface area contributed by atoms with E-state index in [1.807, 2.05) is 14.1 Å². The molecule has 0 heterocycles. The molecule has 0 aromatic rings. The fraction of sp³-hybridized carbons (Fsp3) is 0.900. The van der Waals surface area contributed by atoms with Gasteiger partial charge in [-0.3, -0.25) is 0 Å². The number of hydrogen-bond acceptors (Lipinski definition) is 4. The Morgan fingerprint density at radius 1 is 1.22 bits per heavy atom. The van der Waals surface area contributed by atoms with Gasteiger partial charge in [0, 0.05) is 18.7 Å². The monoisotopic (exact) mass is 284 g/mol. The van der Waals surface area contributed by atoms with Crippen molar-refractivity contribution in [2.75, 3.05) is 39.5 Å². The van der Waals surface area contributed by atoms with Gasteiger partial charge in [0.1, 0.15) is 0 Å². The van der Waals surface area contributed by atoms with Crippen LogP contribution in [0.15, 0.2) is 0 Å². The second kappa shape index (κ2) is 7.65. The molecule has 0 radical (unpaired) electrons. The number of carbonyl (C=O) groups excluding carboxylic acids is 1. The van der Waals surface area contributed by atoms with Crippen LogP contribution in [0.25, 0.3) is 0 Å². The fourth-order valence-corrected chi connectivity index (χ4v) is 2.18. The smallest absolute Gasteiger partial charge is 0.397 e. The summed E-state index contributed by atoms with van der Waals surface area (Å²) in [6, 6.07) is 0. The van der Waals surface area contributed by atoms with E-state index in [9.17, 15) is 22.2 Å². The van der Waals surface area contributed by atoms with Crippen molar-refractivity contribution in [1.82, 2.24) is 5.32 Å². The lowest BCUT2D eigenvalue weighted by Gasteiger charge is -2.30. The van der Waals surface area contributed by atoms with Gasteiger partial charge in [-0.2, -0.15) is 0 Å². The lowest BCUT2D eigenvalue weighted by molar-refractivity contribution is -0.890. The highest BCUT2D eigenvalue weighted by Crippen LogP contribution is 2.04. The maximum atomic E-state index is 11.8. The van der Waals surface area contributed by atoms with Crippen LogP contribution in [0.2, 0.25) is 0 Å². The van der Waals surface area contributed by atoms with Gasteiger partial charge >= 0.3 is 6.16 Å². The highest BCUT2D eigenvalue weighted by Gasteiger charge is 2.14. The van der Waals surface area contributed by atoms with Crippen LogP contribution in [0.3, 0.4) is 0 Å². The predicted molar refractivity (Wildman–Crippen MR) is 64.8 cm³/mol. The molecule has 0 aliphatic rings. The Balaban J connectivity index is 3.70. The maximum absolute atomic E-state index is 11.8. The topological polar surface area (TPSA) is 86.3 Å². The van der Waals surface area contributed by atoms with E-state index >= 15 is 0 Å². The number of hydrogen-bond donors (Lipinski definition) is 1. The van der Waals surface area contributed by atoms with E-state index in [2.05, 4.69) is 5.32 Å². The molecule has 1 amide bonds. The Morgan fingerprint density at radius 3 is 2.28 bits per heavy atom. The first-order valence-corrected chi connectivity index (χ1v) is 7.39. The summed E-state index contributed by atoms with van der Waals surface area (Å²) in [6.45, 7) is 1.76. The number of unbranched alkanes of at least 4 members (excludes halogenated alkanes) is 1. The summed E-state index contributed by atoms with van der Waals surface area (Å²) in [6.07, 6.45) is 0.113. The molecule has 0 aliphatic carbocycles. The van der Waals surface area contributed by atoms with Crippen molar-refractivity contribution >= 4 is 16.3 Å². The average Bonchev–Trinajstić information content (AvgIpc) is 2.18. The lowest BCUT2D eigenvalue weighted by Crippen LogP contribution is -2.42. The van der Waals surface area contributed by atoms with Crippen molar-refractivity contribution in [2.45, 2.75) is 19.3 Å². The minimum Gasteiger partial charge on any atom is -0.748 e. The molecular formula is C10H21FN2O4S. The third-order valence-corrected chi connectivity index (χ3v) is 3.40. The van der Waals surface area contributed by atoms with Crippen LogP contribution >= 0.6 is 0 Å². The predicted octanol–water partition coefficient (Wildman–Crippen LogP) is 0.457. The zero-order chi connectivity index (χ0) is 14.2. The first kappa shape index (κ1) is 17.3. The molecule has 0 fully saturated rings. The quantitative estimate of drug-likeness (QED) is 0.219. The molecule has 8 heteroatoms. The number of carbonyl (C=O) groups is 1. The molecule has 0 unspecified atom stereocenters. The summed E-state index contributed by atoms with van der Waals surface area (Å²) in [7, 11) is -0.196. The van der Waals surface area contributed by atoms with Gasteiger partial charge in [-0.05, 0) is 12.8 Å². The lowest BCUT2D eigenvalue weighted by atomic mass is 10.2. The summed E-state index contributed by atoms with van der Waals surface area (Å²) in [5, 5.41) is 2.07. The van der Waals surface area contributed by atoms with Crippen LogP contribution in [0.5, 0.6) is 0 Å². The van der Waals surface area contributed by atoms with Gasteiger partial charge in [0.25, 0.3) is 0 Å². The molecule has 18 heavy (non-hydrogen) atoms. The molecule has 6 nitrogen and oxygen atoms in total. The van der Waals surface area contributed by atoms with Crippen molar-refractivity contribution < 1.29 is 26.6 Å². The highest BCUT2D eigenvalue weighted by molar-refractivity contribution is 7.85. The van der Waals surface area contributed by atoms with Gasteiger partial charge in [-0.15, -0.1) is 4.39 Å². The maximum Gasteiger partial charge on any atom is 0.397 e. The molecule has 0 bridgehead atoms. The molecule has 0 saturated carbocycles. The third kappa shape index (κ3) is 11.7. The second-order valence-corrected chi connectivity index (χ2v) is 6.43. The molecule has 0 atom stereocenters. The van der Waals surface area contributed by atoms with Crippen molar-refractivity contribution in [1.29, 1.82) is 0 Å². The van der Waals surface area contributed by atoms with E-state index < -0.39 is 16.3 Å². The number of nitrogens with zero attached hydrogens (tertiary/aromatic N) is 1. The number of rotatable bonds is 9. The Morgan fingerprint density at radius 2 is 1.78 bits per heavy atom. The van der Waals surface area contributed by atoms with E-state index in [1.54, 1.807) is 0 Å². The number of quaternary nitrogens is 1. The summed E-state index contributed by atoms with van der Waals surface area (Å²) < 4.78 is 43.7. The van der Waals surface area contributed by atoms with Gasteiger partial charge in [-0.25, -0.2) is 13.2 Å². The molecule has 1 N–H and O–H groups in total. The Bertz CT molecular complexity index is 357. The summed E-state index contributed by atoms with van der Waals surface area (Å²) in [4.78, 5) is 10.0. The standard InChI is InChI=1S/C10H21FN2O4S/c1-13(2,8-5-6-12-10(11)14)7-3-4-9-18(15,16)17/h3-9H2,1-2H3,(H-,12,14,15,16,17). The Labute approximate surface area is 107 Å². The molecule has 0 aliphatic heterocycles. The van der Waals surface area contributed by atoms with Gasteiger partial charge in [-0.1, -0.05) is 0 Å². The van der Waals surface area contributed by atoms with Crippen molar-refractivity contribution in [3.8, 4) is 0 Å². The Hall–Kier alpha value is -0.730. The minimum absolute atomic E-state index is 0.284. The third-order valence-electron chi connectivity index (χ3n) is 2.61. The van der Waals surface area contributed by atoms with Gasteiger partial charge in [0.2, 0.25) is 0 Å². The molecule has 0 spiro atoms. The van der Waals surface area contributed by atoms with Gasteiger partial charge < -0.3 is 14.4 Å². The van der Waals surface area contributed by atoms with E-state index in [-0.39, 0.29) is 12.3 Å². The summed E-state index contributed by atoms with van der Waals surface area (Å²) >= 11 is 0. The second-order valence-electron chi connectivity index (χ2n) is 4.91. The molecular weight excluding hydrogens is 263 g/mol. The van der Waals surface area contributed by atoms with Crippen molar-refractivity contribution in [2.24, 2.45) is 0 Å². The Kier molecular flexibility index (Phi) is 7.34. The molecule has 0 saturated heterocycles. The molecule has 0 aromatic carbocycles. The van der Waals surface area contributed by atoms with E-state index in [0.717, 1.165) is 13.1 Å². The number of amides is 1. The SMILES string of the molecule is C[N+](C)(CCCCS(=O)(=O)[O-])CCCNC(=O)F. The average molecular weight is 284 g/mol. The summed E-state index contributed by atoms with van der Waals surface area (Å²) in [5.74, 6) is -0.328. The zero-order valence-electron chi connectivity index (χ0n) is 10.8. The van der Waals surface area contributed by atoms with E-state index in [4.69, 9.17) is 0 Å². The van der Waals surface area contributed by atoms with Crippen LogP contribution in [0, 0.1) is 0 Å². The van der Waals surface area contributed by atoms with E-state index in [1.165, 1.54) is 0 Å². The van der Waals surface area contributed by atoms with Gasteiger partial charge in [0.05, 0.1) is 37.3 Å². The zero-order valence-corrected chi connectivity index (χ0v) is 11.6. The molecule has 0 aromatic heterocycles. The first-order valence-electron chi connectivity index (χ1n) is 5.81. The van der Waals surface area contributed by atoms with Crippen LogP contribution in [-0.2, 0) is 10.1 Å². The molecule has 0 rings (SSSR count). The summed E-state index contributed by atoms with van der Waals surface area (Å²) in [5.41, 5.74) is 0. The van der Waals surface area contributed by atoms with Crippen LogP contribution in [-0.4, -0.2) is 63.1 Å². The number of nitrogens with one attached hydrogen (secondary N) is 1. The normalized spacial score (nSPS) is 12.4. The van der Waals surface area contributed by atoms with Crippen LogP contribution in [0.1, 0.15) is 19.3 Å². The fourth-order valence-electron chi connectivity index (χ4n) is 1.62. The van der Waals surface area contributed by atoms with Crippen LogP contribution < -0.4 is 5.32 Å². The largest absolute Gasteiger partial charge is 0.748 e. The van der Waals surface area contributed by atoms with Crippen molar-refractivity contribution in [3.05, 3.63) is 0 Å². The van der Waals surface area contributed by atoms with Gasteiger partial charge in [0.15, 0.2) is 0 Å². The highest BCUT2D eigenvalue weighted by atomic mass is 32.2. The first-order chi connectivity index (χ1) is 8.12. The number of halogens is 1. The van der Waals surface area contributed by atoms with Crippen LogP contribution in [0.4, 0.5) is 9.18 Å². The van der Waals surface area contributed by atoms with E-state index in [0.29, 0.717) is 23.7 Å². The molecule has 108 valence electrons. The minimum atomic E-state index is -4.12. The van der Waals surface area contributed by atoms with Crippen molar-refractivity contribution in [3.63, 3.8) is 0 Å².